The third-order valence-corrected chi connectivity index (χ3v) is 5.99. The first kappa shape index (κ1) is 21.1. The highest BCUT2D eigenvalue weighted by Crippen LogP contribution is 2.28. The number of thioether (sulfide) groups is 1. The molecule has 31 heavy (non-hydrogen) atoms. The summed E-state index contributed by atoms with van der Waals surface area (Å²) in [4.78, 5) is 4.58. The standard InChI is InChI=1S/C20H18F2N6OS2/c1-12-2-6-14(7-3-12)24-19-25-15(10-30-19)11-31-20-27-26-17(28(20)23)13-4-8-16(9-5-13)29-18(21)22/h2-10,18H,11,23H2,1H3,(H,24,25). The third kappa shape index (κ3) is 5.30. The normalized spacial score (nSPS) is 11.1. The highest BCUT2D eigenvalue weighted by Gasteiger charge is 2.14. The van der Waals surface area contributed by atoms with Crippen molar-refractivity contribution in [3.05, 3.63) is 65.2 Å². The molecule has 0 atom stereocenters. The van der Waals surface area contributed by atoms with Crippen molar-refractivity contribution in [2.24, 2.45) is 0 Å². The summed E-state index contributed by atoms with van der Waals surface area (Å²) < 4.78 is 30.3. The van der Waals surface area contributed by atoms with Crippen LogP contribution in [0.1, 0.15) is 11.3 Å². The Balaban J connectivity index is 1.38. The molecule has 2 aromatic carbocycles. The van der Waals surface area contributed by atoms with Gasteiger partial charge >= 0.3 is 6.61 Å². The summed E-state index contributed by atoms with van der Waals surface area (Å²) in [6.07, 6.45) is 0. The van der Waals surface area contributed by atoms with Gasteiger partial charge in [0.25, 0.3) is 0 Å². The molecule has 0 saturated carbocycles. The van der Waals surface area contributed by atoms with Gasteiger partial charge in [-0.1, -0.05) is 29.5 Å². The van der Waals surface area contributed by atoms with E-state index in [-0.39, 0.29) is 5.75 Å². The monoisotopic (exact) mass is 460 g/mol. The molecule has 0 radical (unpaired) electrons. The van der Waals surface area contributed by atoms with Gasteiger partial charge in [-0.3, -0.25) is 0 Å². The van der Waals surface area contributed by atoms with Crippen molar-refractivity contribution in [1.82, 2.24) is 19.9 Å². The van der Waals surface area contributed by atoms with Crippen LogP contribution in [-0.4, -0.2) is 26.5 Å². The second kappa shape index (κ2) is 9.31. The van der Waals surface area contributed by atoms with Crippen molar-refractivity contribution in [2.75, 3.05) is 11.2 Å². The predicted octanol–water partition coefficient (Wildman–Crippen LogP) is 5.06. The highest BCUT2D eigenvalue weighted by atomic mass is 32.2. The van der Waals surface area contributed by atoms with Crippen molar-refractivity contribution in [3.8, 4) is 17.1 Å². The van der Waals surface area contributed by atoms with E-state index in [1.54, 1.807) is 12.1 Å². The number of hydrogen-bond donors (Lipinski definition) is 2. The fourth-order valence-electron chi connectivity index (χ4n) is 2.69. The van der Waals surface area contributed by atoms with Gasteiger partial charge in [0.1, 0.15) is 5.75 Å². The van der Waals surface area contributed by atoms with Gasteiger partial charge in [0.15, 0.2) is 11.0 Å². The van der Waals surface area contributed by atoms with E-state index >= 15 is 0 Å². The summed E-state index contributed by atoms with van der Waals surface area (Å²) in [6, 6.07) is 14.2. The number of nitrogens with one attached hydrogen (secondary N) is 1. The first-order chi connectivity index (χ1) is 15.0. The largest absolute Gasteiger partial charge is 0.435 e. The van der Waals surface area contributed by atoms with Crippen molar-refractivity contribution in [2.45, 2.75) is 24.4 Å². The number of hydrogen-bond acceptors (Lipinski definition) is 8. The minimum absolute atomic E-state index is 0.0648. The zero-order valence-electron chi connectivity index (χ0n) is 16.3. The molecule has 0 amide bonds. The smallest absolute Gasteiger partial charge is 0.387 e. The molecule has 2 heterocycles. The number of nitrogens with two attached hydrogens (primary N) is 1. The van der Waals surface area contributed by atoms with Crippen LogP contribution in [0.3, 0.4) is 0 Å². The van der Waals surface area contributed by atoms with Gasteiger partial charge in [-0.05, 0) is 43.3 Å². The van der Waals surface area contributed by atoms with Gasteiger partial charge < -0.3 is 15.9 Å². The molecular formula is C20H18F2N6OS2. The van der Waals surface area contributed by atoms with Crippen LogP contribution in [0.25, 0.3) is 11.4 Å². The summed E-state index contributed by atoms with van der Waals surface area (Å²) >= 11 is 2.93. The van der Waals surface area contributed by atoms with Crippen molar-refractivity contribution < 1.29 is 13.5 Å². The lowest BCUT2D eigenvalue weighted by Gasteiger charge is -2.06. The van der Waals surface area contributed by atoms with Crippen molar-refractivity contribution >= 4 is 33.9 Å². The van der Waals surface area contributed by atoms with Gasteiger partial charge in [0.2, 0.25) is 5.16 Å². The molecule has 4 rings (SSSR count). The van der Waals surface area contributed by atoms with Gasteiger partial charge in [-0.15, -0.1) is 21.5 Å². The molecule has 4 aromatic rings. The van der Waals surface area contributed by atoms with Gasteiger partial charge in [-0.2, -0.15) is 8.78 Å². The molecule has 7 nitrogen and oxygen atoms in total. The highest BCUT2D eigenvalue weighted by molar-refractivity contribution is 7.98. The molecule has 0 spiro atoms. The van der Waals surface area contributed by atoms with Crippen LogP contribution >= 0.6 is 23.1 Å². The third-order valence-electron chi connectivity index (χ3n) is 4.21. The molecule has 2 aromatic heterocycles. The van der Waals surface area contributed by atoms with Crippen LogP contribution in [0.2, 0.25) is 0 Å². The van der Waals surface area contributed by atoms with Gasteiger partial charge in [-0.25, -0.2) is 9.66 Å². The molecule has 0 fully saturated rings. The zero-order valence-corrected chi connectivity index (χ0v) is 18.0. The molecular weight excluding hydrogens is 442 g/mol. The number of anilines is 2. The summed E-state index contributed by atoms with van der Waals surface area (Å²) in [7, 11) is 0. The fourth-order valence-corrected chi connectivity index (χ4v) is 4.27. The van der Waals surface area contributed by atoms with E-state index in [4.69, 9.17) is 5.84 Å². The minimum Gasteiger partial charge on any atom is -0.435 e. The first-order valence-corrected chi connectivity index (χ1v) is 11.0. The lowest BCUT2D eigenvalue weighted by atomic mass is 10.2. The SMILES string of the molecule is Cc1ccc(Nc2nc(CSc3nnc(-c4ccc(OC(F)F)cc4)n3N)cs2)cc1. The van der Waals surface area contributed by atoms with Crippen LogP contribution in [0.5, 0.6) is 5.75 Å². The van der Waals surface area contributed by atoms with Gasteiger partial charge in [0.05, 0.1) is 5.69 Å². The van der Waals surface area contributed by atoms with E-state index in [2.05, 4.69) is 25.2 Å². The molecule has 3 N–H and O–H groups in total. The Morgan fingerprint density at radius 1 is 1.13 bits per heavy atom. The van der Waals surface area contributed by atoms with E-state index in [0.717, 1.165) is 16.5 Å². The number of ether oxygens (including phenoxy) is 1. The van der Waals surface area contributed by atoms with Crippen LogP contribution in [0.4, 0.5) is 19.6 Å². The second-order valence-electron chi connectivity index (χ2n) is 6.50. The maximum Gasteiger partial charge on any atom is 0.387 e. The van der Waals surface area contributed by atoms with E-state index < -0.39 is 6.61 Å². The number of aryl methyl sites for hydroxylation is 1. The molecule has 0 unspecified atom stereocenters. The predicted molar refractivity (Wildman–Crippen MR) is 118 cm³/mol. The molecule has 0 aliphatic heterocycles. The molecule has 11 heteroatoms. The maximum absolute atomic E-state index is 12.3. The fraction of sp³-hybridized carbons (Fsp3) is 0.150. The summed E-state index contributed by atoms with van der Waals surface area (Å²) in [5, 5.41) is 14.8. The minimum atomic E-state index is -2.87. The average molecular weight is 461 g/mol. The quantitative estimate of drug-likeness (QED) is 0.280. The Kier molecular flexibility index (Phi) is 6.33. The molecule has 0 saturated heterocycles. The van der Waals surface area contributed by atoms with Crippen LogP contribution in [-0.2, 0) is 5.75 Å². The number of thiazole rings is 1. The van der Waals surface area contributed by atoms with Gasteiger partial charge in [0, 0.05) is 22.4 Å². The summed E-state index contributed by atoms with van der Waals surface area (Å²) in [6.45, 7) is -0.827. The Hall–Kier alpha value is -3.18. The first-order valence-electron chi connectivity index (χ1n) is 9.14. The lowest BCUT2D eigenvalue weighted by Crippen LogP contribution is -2.11. The zero-order chi connectivity index (χ0) is 21.8. The number of halogens is 2. The molecule has 0 bridgehead atoms. The maximum atomic E-state index is 12.3. The summed E-state index contributed by atoms with van der Waals surface area (Å²) in [5.74, 6) is 7.19. The number of benzene rings is 2. The Bertz CT molecular complexity index is 1150. The molecule has 160 valence electrons. The number of aromatic nitrogens is 4. The Morgan fingerprint density at radius 3 is 2.58 bits per heavy atom. The van der Waals surface area contributed by atoms with E-state index in [9.17, 15) is 8.78 Å². The topological polar surface area (TPSA) is 90.9 Å². The lowest BCUT2D eigenvalue weighted by molar-refractivity contribution is -0.0498. The van der Waals surface area contributed by atoms with E-state index in [1.807, 2.05) is 36.6 Å². The number of alkyl halides is 2. The summed E-state index contributed by atoms with van der Waals surface area (Å²) in [5.41, 5.74) is 3.71. The van der Waals surface area contributed by atoms with Crippen molar-refractivity contribution in [3.63, 3.8) is 0 Å². The van der Waals surface area contributed by atoms with E-state index in [1.165, 1.54) is 45.5 Å². The van der Waals surface area contributed by atoms with Crippen LogP contribution in [0.15, 0.2) is 59.1 Å². The Morgan fingerprint density at radius 2 is 1.87 bits per heavy atom. The van der Waals surface area contributed by atoms with E-state index in [0.29, 0.717) is 22.3 Å². The molecule has 0 aliphatic carbocycles. The Labute approximate surface area is 185 Å². The van der Waals surface area contributed by atoms with Crippen LogP contribution < -0.4 is 15.9 Å². The van der Waals surface area contributed by atoms with Crippen molar-refractivity contribution in [1.29, 1.82) is 0 Å². The number of rotatable bonds is 8. The number of nitrogens with zero attached hydrogens (tertiary/aromatic N) is 4. The number of nitrogen functional groups attached to an aromatic ring is 1. The molecule has 0 aliphatic rings. The van der Waals surface area contributed by atoms with Crippen LogP contribution in [0, 0.1) is 6.92 Å². The second-order valence-corrected chi connectivity index (χ2v) is 8.30. The average Bonchev–Trinajstić information content (AvgIpc) is 3.35.